The molecule has 0 radical (unpaired) electrons. The van der Waals surface area contributed by atoms with Crippen LogP contribution in [0.3, 0.4) is 0 Å². The molecule has 2 heterocycles. The maximum Gasteiger partial charge on any atom is 0.257 e. The third kappa shape index (κ3) is 4.17. The van der Waals surface area contributed by atoms with Crippen LogP contribution in [0.5, 0.6) is 11.5 Å². The van der Waals surface area contributed by atoms with Gasteiger partial charge in [0.05, 0.1) is 12.8 Å². The number of benzene rings is 2. The van der Waals surface area contributed by atoms with E-state index < -0.39 is 0 Å². The minimum Gasteiger partial charge on any atom is -0.497 e. The van der Waals surface area contributed by atoms with Gasteiger partial charge in [-0.25, -0.2) is 4.52 Å². The second-order valence-electron chi connectivity index (χ2n) is 6.46. The lowest BCUT2D eigenvalue weighted by Crippen LogP contribution is -2.24. The van der Waals surface area contributed by atoms with Crippen LogP contribution in [-0.4, -0.2) is 41.3 Å². The Morgan fingerprint density at radius 2 is 1.73 bits per heavy atom. The van der Waals surface area contributed by atoms with E-state index in [1.165, 1.54) is 0 Å². The largest absolute Gasteiger partial charge is 0.497 e. The predicted octanol–water partition coefficient (Wildman–Crippen LogP) is 3.27. The maximum atomic E-state index is 11.3. The third-order valence-electron chi connectivity index (χ3n) is 4.50. The van der Waals surface area contributed by atoms with Gasteiger partial charge in [0, 0.05) is 18.3 Å². The molecule has 0 spiro atoms. The third-order valence-corrected chi connectivity index (χ3v) is 4.50. The van der Waals surface area contributed by atoms with E-state index in [4.69, 9.17) is 9.47 Å². The number of hydrogen-bond donors (Lipinski definition) is 2. The highest BCUT2D eigenvalue weighted by Gasteiger charge is 2.09. The van der Waals surface area contributed by atoms with Gasteiger partial charge in [-0.2, -0.15) is 4.98 Å². The smallest absolute Gasteiger partial charge is 0.257 e. The monoisotopic (exact) mass is 403 g/mol. The first-order chi connectivity index (χ1) is 14.7. The van der Waals surface area contributed by atoms with Crippen molar-refractivity contribution in [1.82, 2.24) is 19.9 Å². The van der Waals surface area contributed by atoms with Crippen molar-refractivity contribution in [3.63, 3.8) is 0 Å². The number of hydrogen-bond acceptors (Lipinski definition) is 6. The van der Waals surface area contributed by atoms with E-state index in [-0.39, 0.29) is 12.5 Å². The molecule has 2 N–H and O–H groups in total. The van der Waals surface area contributed by atoms with Crippen molar-refractivity contribution in [3.05, 3.63) is 66.7 Å². The van der Waals surface area contributed by atoms with Gasteiger partial charge in [-0.05, 0) is 60.7 Å². The van der Waals surface area contributed by atoms with Gasteiger partial charge in [0.1, 0.15) is 11.5 Å². The first-order valence-electron chi connectivity index (χ1n) is 9.37. The summed E-state index contributed by atoms with van der Waals surface area (Å²) in [5, 5.41) is 10.3. The molecule has 152 valence electrons. The van der Waals surface area contributed by atoms with Crippen LogP contribution in [0.1, 0.15) is 0 Å². The molecule has 2 aromatic carbocycles. The van der Waals surface area contributed by atoms with Crippen molar-refractivity contribution >= 4 is 23.2 Å². The van der Waals surface area contributed by atoms with Gasteiger partial charge in [-0.3, -0.25) is 4.79 Å². The van der Waals surface area contributed by atoms with Crippen molar-refractivity contribution in [3.8, 4) is 22.8 Å². The molecule has 0 aliphatic rings. The molecule has 8 heteroatoms. The number of fused-ring (bicyclic) bond motifs is 1. The molecular formula is C22H21N5O3. The first kappa shape index (κ1) is 19.3. The van der Waals surface area contributed by atoms with Crippen molar-refractivity contribution in [2.24, 2.45) is 0 Å². The number of anilines is 2. The lowest BCUT2D eigenvalue weighted by molar-refractivity contribution is -0.122. The molecule has 30 heavy (non-hydrogen) atoms. The lowest BCUT2D eigenvalue weighted by atomic mass is 10.1. The van der Waals surface area contributed by atoms with Crippen molar-refractivity contribution < 1.29 is 14.3 Å². The van der Waals surface area contributed by atoms with Crippen LogP contribution in [0.15, 0.2) is 66.7 Å². The molecule has 0 bridgehead atoms. The number of pyridine rings is 1. The summed E-state index contributed by atoms with van der Waals surface area (Å²) in [5.41, 5.74) is 3.48. The molecule has 0 unspecified atom stereocenters. The minimum absolute atomic E-state index is 0.0224. The predicted molar refractivity (Wildman–Crippen MR) is 114 cm³/mol. The fourth-order valence-electron chi connectivity index (χ4n) is 2.92. The molecule has 4 rings (SSSR count). The Hall–Kier alpha value is -4.07. The van der Waals surface area contributed by atoms with Gasteiger partial charge in [0.15, 0.2) is 12.3 Å². The molecule has 1 amide bonds. The quantitative estimate of drug-likeness (QED) is 0.492. The van der Waals surface area contributed by atoms with Gasteiger partial charge in [0.25, 0.3) is 5.91 Å². The van der Waals surface area contributed by atoms with Crippen LogP contribution in [0.2, 0.25) is 0 Å². The SMILES string of the molecule is CNC(=O)COc1ccc(Nc2nc3cccc(-c4ccc(OC)cc4)n3n2)cc1. The summed E-state index contributed by atoms with van der Waals surface area (Å²) in [7, 11) is 3.21. The second kappa shape index (κ2) is 8.52. The Kier molecular flexibility index (Phi) is 5.47. The number of methoxy groups -OCH3 is 1. The van der Waals surface area contributed by atoms with E-state index in [1.54, 1.807) is 30.8 Å². The average molecular weight is 403 g/mol. The molecular weight excluding hydrogens is 382 g/mol. The number of amides is 1. The van der Waals surface area contributed by atoms with E-state index in [1.807, 2.05) is 54.6 Å². The number of carbonyl (C=O) groups excluding carboxylic acids is 1. The fourth-order valence-corrected chi connectivity index (χ4v) is 2.92. The average Bonchev–Trinajstić information content (AvgIpc) is 3.21. The normalized spacial score (nSPS) is 10.6. The Bertz CT molecular complexity index is 1150. The van der Waals surface area contributed by atoms with Gasteiger partial charge in [0.2, 0.25) is 5.95 Å². The van der Waals surface area contributed by atoms with Crippen LogP contribution in [0.4, 0.5) is 11.6 Å². The summed E-state index contributed by atoms with van der Waals surface area (Å²) in [5.74, 6) is 1.71. The minimum atomic E-state index is -0.182. The second-order valence-corrected chi connectivity index (χ2v) is 6.46. The van der Waals surface area contributed by atoms with E-state index in [2.05, 4.69) is 20.7 Å². The number of nitrogens with zero attached hydrogens (tertiary/aromatic N) is 3. The molecule has 8 nitrogen and oxygen atoms in total. The number of nitrogens with one attached hydrogen (secondary N) is 2. The molecule has 0 saturated heterocycles. The van der Waals surface area contributed by atoms with E-state index in [9.17, 15) is 4.79 Å². The summed E-state index contributed by atoms with van der Waals surface area (Å²) < 4.78 is 12.4. The standard InChI is InChI=1S/C22H21N5O3/c1-23-21(28)14-30-18-12-8-16(9-13-18)24-22-25-20-5-3-4-19(27(20)26-22)15-6-10-17(29-2)11-7-15/h3-13H,14H2,1-2H3,(H,23,28)(H,24,26). The maximum absolute atomic E-state index is 11.3. The summed E-state index contributed by atoms with van der Waals surface area (Å²) in [6.07, 6.45) is 0. The van der Waals surface area contributed by atoms with Crippen LogP contribution >= 0.6 is 0 Å². The van der Waals surface area contributed by atoms with Gasteiger partial charge >= 0.3 is 0 Å². The summed E-state index contributed by atoms with van der Waals surface area (Å²) >= 11 is 0. The molecule has 0 fully saturated rings. The Balaban J connectivity index is 1.53. The summed E-state index contributed by atoms with van der Waals surface area (Å²) in [6.45, 7) is -0.0224. The molecule has 0 saturated carbocycles. The van der Waals surface area contributed by atoms with Gasteiger partial charge in [-0.1, -0.05) is 6.07 Å². The molecule has 0 atom stereocenters. The first-order valence-corrected chi connectivity index (χ1v) is 9.37. The highest BCUT2D eigenvalue weighted by atomic mass is 16.5. The number of ether oxygens (including phenoxy) is 2. The number of likely N-dealkylation sites (N-methyl/N-ethyl adjacent to an activating group) is 1. The van der Waals surface area contributed by atoms with Crippen LogP contribution in [0.25, 0.3) is 16.9 Å². The zero-order valence-corrected chi connectivity index (χ0v) is 16.6. The molecule has 0 aliphatic heterocycles. The van der Waals surface area contributed by atoms with Crippen LogP contribution in [0, 0.1) is 0 Å². The zero-order chi connectivity index (χ0) is 20.9. The zero-order valence-electron chi connectivity index (χ0n) is 16.6. The lowest BCUT2D eigenvalue weighted by Gasteiger charge is -2.06. The van der Waals surface area contributed by atoms with E-state index in [0.29, 0.717) is 11.7 Å². The Labute approximate surface area is 173 Å². The summed E-state index contributed by atoms with van der Waals surface area (Å²) in [6, 6.07) is 20.9. The van der Waals surface area contributed by atoms with E-state index in [0.717, 1.165) is 28.3 Å². The summed E-state index contributed by atoms with van der Waals surface area (Å²) in [4.78, 5) is 15.8. The molecule has 0 aliphatic carbocycles. The molecule has 4 aromatic rings. The van der Waals surface area contributed by atoms with Gasteiger partial charge in [-0.15, -0.1) is 5.10 Å². The van der Waals surface area contributed by atoms with Crippen molar-refractivity contribution in [2.45, 2.75) is 0 Å². The highest BCUT2D eigenvalue weighted by Crippen LogP contribution is 2.24. The Morgan fingerprint density at radius 1 is 1.00 bits per heavy atom. The fraction of sp³-hybridized carbons (Fsp3) is 0.136. The van der Waals surface area contributed by atoms with E-state index >= 15 is 0 Å². The van der Waals surface area contributed by atoms with Crippen molar-refractivity contribution in [2.75, 3.05) is 26.1 Å². The van der Waals surface area contributed by atoms with Crippen LogP contribution in [-0.2, 0) is 4.79 Å². The highest BCUT2D eigenvalue weighted by molar-refractivity contribution is 5.77. The van der Waals surface area contributed by atoms with Crippen molar-refractivity contribution in [1.29, 1.82) is 0 Å². The van der Waals surface area contributed by atoms with Crippen LogP contribution < -0.4 is 20.1 Å². The topological polar surface area (TPSA) is 89.8 Å². The number of rotatable bonds is 7. The molecule has 2 aromatic heterocycles. The Morgan fingerprint density at radius 3 is 2.43 bits per heavy atom. The van der Waals surface area contributed by atoms with Gasteiger partial charge < -0.3 is 20.1 Å². The number of aromatic nitrogens is 3. The number of carbonyl (C=O) groups is 1.